The molecule has 0 radical (unpaired) electrons. The van der Waals surface area contributed by atoms with Crippen molar-refractivity contribution in [2.75, 3.05) is 5.32 Å². The van der Waals surface area contributed by atoms with Gasteiger partial charge in [0, 0.05) is 17.8 Å². The van der Waals surface area contributed by atoms with Crippen molar-refractivity contribution in [2.45, 2.75) is 53.3 Å². The van der Waals surface area contributed by atoms with E-state index in [4.69, 9.17) is 4.74 Å². The highest BCUT2D eigenvalue weighted by Crippen LogP contribution is 2.23. The van der Waals surface area contributed by atoms with Crippen LogP contribution in [0.1, 0.15) is 40.7 Å². The number of nitrogens with one attached hydrogen (secondary N) is 1. The Kier molecular flexibility index (Phi) is 6.40. The maximum absolute atomic E-state index is 14.2. The molecule has 144 valence electrons. The van der Waals surface area contributed by atoms with E-state index in [-0.39, 0.29) is 30.4 Å². The van der Waals surface area contributed by atoms with Crippen molar-refractivity contribution in [1.82, 2.24) is 14.1 Å². The van der Waals surface area contributed by atoms with Crippen molar-refractivity contribution in [3.8, 4) is 17.6 Å². The number of ether oxygens (including phenoxy) is 1. The highest BCUT2D eigenvalue weighted by atomic mass is 19.1. The molecule has 0 saturated heterocycles. The average molecular weight is 374 g/mol. The lowest BCUT2D eigenvalue weighted by molar-refractivity contribution is 0.231. The average Bonchev–Trinajstić information content (AvgIpc) is 2.56. The third kappa shape index (κ3) is 4.76. The van der Waals surface area contributed by atoms with Gasteiger partial charge in [-0.15, -0.1) is 5.92 Å². The summed E-state index contributed by atoms with van der Waals surface area (Å²) in [6, 6.07) is 3.92. The van der Waals surface area contributed by atoms with E-state index in [0.717, 1.165) is 4.57 Å². The molecule has 0 fully saturated rings. The molecule has 1 heterocycles. The minimum atomic E-state index is -0.682. The number of halogens is 1. The molecule has 0 atom stereocenters. The molecule has 0 amide bonds. The number of nitrogens with zero attached hydrogens (tertiary/aromatic N) is 3. The molecule has 0 bridgehead atoms. The van der Waals surface area contributed by atoms with Gasteiger partial charge in [-0.3, -0.25) is 4.57 Å². The Morgan fingerprint density at radius 2 is 1.96 bits per heavy atom. The molecular formula is C19H23FN4O3. The standard InChI is InChI=1S/C19H23FN4O3/c1-6-7-10-23-17(22-18(25)24(12(2)3)19(23)26)21-14-8-9-16(15(20)11-14)27-13(4)5/h8-9,11-13H,10H2,1-5H3,(H,21,22,25). The number of hydrogen-bond donors (Lipinski definition) is 1. The van der Waals surface area contributed by atoms with Crippen molar-refractivity contribution < 1.29 is 9.13 Å². The molecule has 2 rings (SSSR count). The van der Waals surface area contributed by atoms with Gasteiger partial charge in [-0.25, -0.2) is 18.5 Å². The van der Waals surface area contributed by atoms with Crippen LogP contribution in [0.4, 0.5) is 16.0 Å². The Hall–Kier alpha value is -3.08. The van der Waals surface area contributed by atoms with Crippen LogP contribution in [0.5, 0.6) is 5.75 Å². The first-order valence-corrected chi connectivity index (χ1v) is 8.60. The lowest BCUT2D eigenvalue weighted by Gasteiger charge is -2.16. The monoisotopic (exact) mass is 374 g/mol. The molecule has 8 heteroatoms. The summed E-state index contributed by atoms with van der Waals surface area (Å²) in [5, 5.41) is 2.83. The molecular weight excluding hydrogens is 351 g/mol. The summed E-state index contributed by atoms with van der Waals surface area (Å²) in [7, 11) is 0. The lowest BCUT2D eigenvalue weighted by Crippen LogP contribution is -2.43. The van der Waals surface area contributed by atoms with Gasteiger partial charge in [0.15, 0.2) is 11.6 Å². The van der Waals surface area contributed by atoms with Gasteiger partial charge in [0.05, 0.1) is 12.6 Å². The zero-order chi connectivity index (χ0) is 20.1. The van der Waals surface area contributed by atoms with E-state index in [1.807, 2.05) is 0 Å². The van der Waals surface area contributed by atoms with Crippen LogP contribution in [0.15, 0.2) is 27.8 Å². The molecule has 2 aromatic rings. The summed E-state index contributed by atoms with van der Waals surface area (Å²) in [6.45, 7) is 8.73. The highest BCUT2D eigenvalue weighted by Gasteiger charge is 2.15. The predicted octanol–water partition coefficient (Wildman–Crippen LogP) is 2.68. The minimum absolute atomic E-state index is 0.00146. The van der Waals surface area contributed by atoms with Crippen LogP contribution in [0.3, 0.4) is 0 Å². The van der Waals surface area contributed by atoms with Crippen molar-refractivity contribution in [2.24, 2.45) is 0 Å². The normalized spacial score (nSPS) is 10.7. The Balaban J connectivity index is 2.48. The first-order chi connectivity index (χ1) is 12.7. The molecule has 0 spiro atoms. The summed E-state index contributed by atoms with van der Waals surface area (Å²) in [5.41, 5.74) is -0.885. The maximum Gasteiger partial charge on any atom is 0.355 e. The fourth-order valence-electron chi connectivity index (χ4n) is 2.40. The minimum Gasteiger partial charge on any atom is -0.488 e. The molecule has 7 nitrogen and oxygen atoms in total. The molecule has 1 aromatic heterocycles. The third-order valence-corrected chi connectivity index (χ3v) is 3.58. The largest absolute Gasteiger partial charge is 0.488 e. The van der Waals surface area contributed by atoms with Crippen LogP contribution >= 0.6 is 0 Å². The number of benzene rings is 1. The van der Waals surface area contributed by atoms with Crippen molar-refractivity contribution >= 4 is 11.6 Å². The molecule has 1 N–H and O–H groups in total. The first-order valence-electron chi connectivity index (χ1n) is 8.60. The van der Waals surface area contributed by atoms with E-state index >= 15 is 0 Å². The maximum atomic E-state index is 14.2. The molecule has 0 aliphatic carbocycles. The van der Waals surface area contributed by atoms with E-state index in [0.29, 0.717) is 5.69 Å². The summed E-state index contributed by atoms with van der Waals surface area (Å²) in [6.07, 6.45) is -0.165. The van der Waals surface area contributed by atoms with Gasteiger partial charge >= 0.3 is 11.4 Å². The Morgan fingerprint density at radius 3 is 2.52 bits per heavy atom. The molecule has 1 aromatic carbocycles. The Bertz CT molecular complexity index is 997. The topological polar surface area (TPSA) is 78.2 Å². The first kappa shape index (κ1) is 20.2. The number of aromatic nitrogens is 3. The van der Waals surface area contributed by atoms with E-state index in [2.05, 4.69) is 22.1 Å². The van der Waals surface area contributed by atoms with Gasteiger partial charge in [0.25, 0.3) is 0 Å². The van der Waals surface area contributed by atoms with Crippen LogP contribution < -0.4 is 21.4 Å². The van der Waals surface area contributed by atoms with E-state index < -0.39 is 17.2 Å². The number of rotatable bonds is 6. The molecule has 0 aliphatic rings. The second-order valence-electron chi connectivity index (χ2n) is 6.41. The van der Waals surface area contributed by atoms with Gasteiger partial charge in [0.2, 0.25) is 5.95 Å². The van der Waals surface area contributed by atoms with Gasteiger partial charge in [-0.05, 0) is 46.8 Å². The fourth-order valence-corrected chi connectivity index (χ4v) is 2.40. The summed E-state index contributed by atoms with van der Waals surface area (Å²) in [4.78, 5) is 28.8. The zero-order valence-corrected chi connectivity index (χ0v) is 16.0. The van der Waals surface area contributed by atoms with Crippen molar-refractivity contribution in [3.05, 3.63) is 45.0 Å². The van der Waals surface area contributed by atoms with Gasteiger partial charge in [-0.2, -0.15) is 4.98 Å². The summed E-state index contributed by atoms with van der Waals surface area (Å²) < 4.78 is 21.9. The lowest BCUT2D eigenvalue weighted by atomic mass is 10.3. The van der Waals surface area contributed by atoms with Crippen molar-refractivity contribution in [3.63, 3.8) is 0 Å². The predicted molar refractivity (Wildman–Crippen MR) is 102 cm³/mol. The number of hydrogen-bond acceptors (Lipinski definition) is 5. The summed E-state index contributed by atoms with van der Waals surface area (Å²) in [5.74, 6) is 5.04. The number of anilines is 2. The quantitative estimate of drug-likeness (QED) is 0.787. The molecule has 27 heavy (non-hydrogen) atoms. The van der Waals surface area contributed by atoms with Crippen LogP contribution in [-0.4, -0.2) is 20.2 Å². The van der Waals surface area contributed by atoms with Crippen LogP contribution in [0.2, 0.25) is 0 Å². The second kappa shape index (κ2) is 8.54. The smallest absolute Gasteiger partial charge is 0.355 e. The van der Waals surface area contributed by atoms with Gasteiger partial charge in [0.1, 0.15) is 0 Å². The van der Waals surface area contributed by atoms with E-state index in [1.165, 1.54) is 16.7 Å². The molecule has 0 saturated carbocycles. The van der Waals surface area contributed by atoms with Crippen LogP contribution in [0.25, 0.3) is 0 Å². The van der Waals surface area contributed by atoms with Crippen LogP contribution in [0, 0.1) is 17.7 Å². The van der Waals surface area contributed by atoms with Gasteiger partial charge in [-0.1, -0.05) is 5.92 Å². The van der Waals surface area contributed by atoms with Crippen LogP contribution in [-0.2, 0) is 6.54 Å². The van der Waals surface area contributed by atoms with Crippen molar-refractivity contribution in [1.29, 1.82) is 0 Å². The Labute approximate surface area is 156 Å². The van der Waals surface area contributed by atoms with E-state index in [9.17, 15) is 14.0 Å². The summed E-state index contributed by atoms with van der Waals surface area (Å²) >= 11 is 0. The second-order valence-corrected chi connectivity index (χ2v) is 6.41. The zero-order valence-electron chi connectivity index (χ0n) is 16.0. The Morgan fingerprint density at radius 1 is 1.26 bits per heavy atom. The third-order valence-electron chi connectivity index (χ3n) is 3.58. The van der Waals surface area contributed by atoms with E-state index in [1.54, 1.807) is 40.7 Å². The SMILES string of the molecule is CC#CCn1c(Nc2ccc(OC(C)C)c(F)c2)nc(=O)n(C(C)C)c1=O. The fraction of sp³-hybridized carbons (Fsp3) is 0.421. The molecule has 0 aliphatic heterocycles. The van der Waals surface area contributed by atoms with Gasteiger partial charge < -0.3 is 10.1 Å². The highest BCUT2D eigenvalue weighted by molar-refractivity contribution is 5.55. The molecule has 0 unspecified atom stereocenters.